The number of pyridine rings is 1. The van der Waals surface area contributed by atoms with Crippen LogP contribution in [0.25, 0.3) is 5.65 Å². The van der Waals surface area contributed by atoms with Gasteiger partial charge in [0.15, 0.2) is 11.5 Å². The summed E-state index contributed by atoms with van der Waals surface area (Å²) in [5.41, 5.74) is 2.13. The first-order valence-corrected chi connectivity index (χ1v) is 5.20. The predicted molar refractivity (Wildman–Crippen MR) is 59.8 cm³/mol. The molecule has 0 aromatic carbocycles. The van der Waals surface area contributed by atoms with Crippen molar-refractivity contribution in [1.82, 2.24) is 19.9 Å². The molecule has 0 aliphatic carbocycles. The van der Waals surface area contributed by atoms with E-state index in [1.165, 1.54) is 5.56 Å². The summed E-state index contributed by atoms with van der Waals surface area (Å²) in [4.78, 5) is 4.44. The summed E-state index contributed by atoms with van der Waals surface area (Å²) in [5.74, 6) is 1.27. The molecule has 0 fully saturated rings. The van der Waals surface area contributed by atoms with Crippen molar-refractivity contribution in [1.29, 1.82) is 0 Å². The average Bonchev–Trinajstić information content (AvgIpc) is 2.61. The van der Waals surface area contributed by atoms with Gasteiger partial charge >= 0.3 is 0 Å². The van der Waals surface area contributed by atoms with Gasteiger partial charge in [-0.2, -0.15) is 5.10 Å². The molecule has 0 amide bonds. The second kappa shape index (κ2) is 3.98. The minimum atomic E-state index is 0.373. The summed E-state index contributed by atoms with van der Waals surface area (Å²) in [6, 6.07) is 4.08. The average molecular weight is 204 g/mol. The van der Waals surface area contributed by atoms with Crippen molar-refractivity contribution in [3.63, 3.8) is 0 Å². The molecule has 2 rings (SSSR count). The molecular weight excluding hydrogens is 188 g/mol. The molecule has 0 saturated heterocycles. The highest BCUT2D eigenvalue weighted by atomic mass is 15.3. The van der Waals surface area contributed by atoms with Crippen molar-refractivity contribution in [3.05, 3.63) is 29.7 Å². The van der Waals surface area contributed by atoms with Gasteiger partial charge < -0.3 is 5.32 Å². The zero-order chi connectivity index (χ0) is 10.8. The van der Waals surface area contributed by atoms with E-state index in [4.69, 9.17) is 0 Å². The SMILES string of the molecule is CNCc1ccc2nc(C(C)C)nn2c1. The van der Waals surface area contributed by atoms with E-state index in [-0.39, 0.29) is 0 Å². The van der Waals surface area contributed by atoms with Crippen molar-refractivity contribution >= 4 is 5.65 Å². The van der Waals surface area contributed by atoms with Gasteiger partial charge in [-0.15, -0.1) is 0 Å². The lowest BCUT2D eigenvalue weighted by molar-refractivity contribution is 0.758. The topological polar surface area (TPSA) is 42.2 Å². The number of nitrogens with one attached hydrogen (secondary N) is 1. The molecule has 0 spiro atoms. The highest BCUT2D eigenvalue weighted by Gasteiger charge is 2.07. The third-order valence-corrected chi connectivity index (χ3v) is 2.31. The van der Waals surface area contributed by atoms with Gasteiger partial charge in [-0.25, -0.2) is 9.50 Å². The first kappa shape index (κ1) is 10.1. The molecule has 2 aromatic rings. The van der Waals surface area contributed by atoms with Crippen molar-refractivity contribution in [2.24, 2.45) is 0 Å². The third-order valence-electron chi connectivity index (χ3n) is 2.31. The molecule has 0 unspecified atom stereocenters. The zero-order valence-corrected chi connectivity index (χ0v) is 9.36. The smallest absolute Gasteiger partial charge is 0.155 e. The van der Waals surface area contributed by atoms with E-state index in [0.717, 1.165) is 18.0 Å². The fourth-order valence-corrected chi connectivity index (χ4v) is 1.50. The Bertz CT molecular complexity index is 459. The lowest BCUT2D eigenvalue weighted by atomic mass is 10.2. The van der Waals surface area contributed by atoms with Gasteiger partial charge in [0.1, 0.15) is 0 Å². The van der Waals surface area contributed by atoms with Gasteiger partial charge in [0.25, 0.3) is 0 Å². The molecule has 4 heteroatoms. The minimum Gasteiger partial charge on any atom is -0.316 e. The molecule has 1 N–H and O–H groups in total. The Morgan fingerprint density at radius 3 is 2.87 bits per heavy atom. The van der Waals surface area contributed by atoms with E-state index >= 15 is 0 Å². The summed E-state index contributed by atoms with van der Waals surface area (Å²) in [6.45, 7) is 5.05. The van der Waals surface area contributed by atoms with Crippen molar-refractivity contribution in [2.45, 2.75) is 26.3 Å². The first-order chi connectivity index (χ1) is 7.20. The van der Waals surface area contributed by atoms with Crippen LogP contribution in [0, 0.1) is 0 Å². The van der Waals surface area contributed by atoms with Crippen LogP contribution in [-0.4, -0.2) is 21.6 Å². The van der Waals surface area contributed by atoms with E-state index in [0.29, 0.717) is 5.92 Å². The number of aromatic nitrogens is 3. The summed E-state index contributed by atoms with van der Waals surface area (Å²) in [5, 5.41) is 7.55. The van der Waals surface area contributed by atoms with Gasteiger partial charge in [0, 0.05) is 18.7 Å². The highest BCUT2D eigenvalue weighted by Crippen LogP contribution is 2.11. The maximum atomic E-state index is 4.44. The molecule has 2 heterocycles. The molecule has 0 saturated carbocycles. The Hall–Kier alpha value is -1.42. The molecule has 0 atom stereocenters. The second-order valence-electron chi connectivity index (χ2n) is 4.00. The number of nitrogens with zero attached hydrogens (tertiary/aromatic N) is 3. The zero-order valence-electron chi connectivity index (χ0n) is 9.36. The van der Waals surface area contributed by atoms with Gasteiger partial charge in [0.2, 0.25) is 0 Å². The van der Waals surface area contributed by atoms with Crippen LogP contribution in [-0.2, 0) is 6.54 Å². The first-order valence-electron chi connectivity index (χ1n) is 5.20. The maximum Gasteiger partial charge on any atom is 0.155 e. The number of fused-ring (bicyclic) bond motifs is 1. The third kappa shape index (κ3) is 1.99. The largest absolute Gasteiger partial charge is 0.316 e. The van der Waals surface area contributed by atoms with E-state index in [9.17, 15) is 0 Å². The van der Waals surface area contributed by atoms with Crippen molar-refractivity contribution in [2.75, 3.05) is 7.05 Å². The number of hydrogen-bond donors (Lipinski definition) is 1. The molecule has 0 bridgehead atoms. The molecule has 0 aliphatic rings. The Morgan fingerprint density at radius 2 is 2.20 bits per heavy atom. The normalized spacial score (nSPS) is 11.5. The summed E-state index contributed by atoms with van der Waals surface area (Å²) in [6.07, 6.45) is 2.02. The maximum absolute atomic E-state index is 4.44. The molecule has 15 heavy (non-hydrogen) atoms. The van der Waals surface area contributed by atoms with Gasteiger partial charge in [-0.05, 0) is 18.7 Å². The molecule has 80 valence electrons. The van der Waals surface area contributed by atoms with Gasteiger partial charge in [0.05, 0.1) is 0 Å². The van der Waals surface area contributed by atoms with E-state index in [1.807, 2.05) is 23.8 Å². The fraction of sp³-hybridized carbons (Fsp3) is 0.455. The van der Waals surface area contributed by atoms with Gasteiger partial charge in [-0.3, -0.25) is 0 Å². The van der Waals surface area contributed by atoms with E-state index in [2.05, 4.69) is 35.3 Å². The summed E-state index contributed by atoms with van der Waals surface area (Å²) >= 11 is 0. The lowest BCUT2D eigenvalue weighted by Gasteiger charge is -1.99. The van der Waals surface area contributed by atoms with Crippen LogP contribution in [0.2, 0.25) is 0 Å². The van der Waals surface area contributed by atoms with Crippen LogP contribution < -0.4 is 5.32 Å². The van der Waals surface area contributed by atoms with Crippen molar-refractivity contribution < 1.29 is 0 Å². The number of rotatable bonds is 3. The Morgan fingerprint density at radius 1 is 1.40 bits per heavy atom. The minimum absolute atomic E-state index is 0.373. The van der Waals surface area contributed by atoms with Crippen LogP contribution in [0.1, 0.15) is 31.2 Å². The standard InChI is InChI=1S/C11H16N4/c1-8(2)11-13-10-5-4-9(6-12-3)7-15(10)14-11/h4-5,7-8,12H,6H2,1-3H3. The Labute approximate surface area is 89.3 Å². The predicted octanol–water partition coefficient (Wildman–Crippen LogP) is 1.57. The molecular formula is C11H16N4. The summed E-state index contributed by atoms with van der Waals surface area (Å²) < 4.78 is 1.85. The Kier molecular flexibility index (Phi) is 2.68. The van der Waals surface area contributed by atoms with Crippen LogP contribution in [0.3, 0.4) is 0 Å². The molecule has 0 aliphatic heterocycles. The quantitative estimate of drug-likeness (QED) is 0.825. The second-order valence-corrected chi connectivity index (χ2v) is 4.00. The molecule has 4 nitrogen and oxygen atoms in total. The Balaban J connectivity index is 2.43. The van der Waals surface area contributed by atoms with E-state index in [1.54, 1.807) is 0 Å². The van der Waals surface area contributed by atoms with E-state index < -0.39 is 0 Å². The molecule has 0 radical (unpaired) electrons. The highest BCUT2D eigenvalue weighted by molar-refractivity contribution is 5.38. The number of hydrogen-bond acceptors (Lipinski definition) is 3. The molecule has 2 aromatic heterocycles. The van der Waals surface area contributed by atoms with Crippen LogP contribution >= 0.6 is 0 Å². The monoisotopic (exact) mass is 204 g/mol. The summed E-state index contributed by atoms with van der Waals surface area (Å²) in [7, 11) is 1.94. The van der Waals surface area contributed by atoms with Crippen LogP contribution in [0.5, 0.6) is 0 Å². The lowest BCUT2D eigenvalue weighted by Crippen LogP contribution is -2.06. The van der Waals surface area contributed by atoms with Crippen molar-refractivity contribution in [3.8, 4) is 0 Å². The van der Waals surface area contributed by atoms with Crippen LogP contribution in [0.4, 0.5) is 0 Å². The fourth-order valence-electron chi connectivity index (χ4n) is 1.50. The van der Waals surface area contributed by atoms with Crippen LogP contribution in [0.15, 0.2) is 18.3 Å². The van der Waals surface area contributed by atoms with Gasteiger partial charge in [-0.1, -0.05) is 19.9 Å².